The number of rotatable bonds is 2. The van der Waals surface area contributed by atoms with E-state index >= 15 is 0 Å². The van der Waals surface area contributed by atoms with Crippen LogP contribution in [-0.2, 0) is 23.2 Å². The summed E-state index contributed by atoms with van der Waals surface area (Å²) in [6.07, 6.45) is 2.09. The minimum atomic E-state index is -1.17. The number of methoxy groups -OCH3 is 1. The van der Waals surface area contributed by atoms with Gasteiger partial charge in [-0.25, -0.2) is 23.5 Å². The second kappa shape index (κ2) is 7.19. The molecule has 0 amide bonds. The highest BCUT2D eigenvalue weighted by Crippen LogP contribution is 2.66. The molecule has 9 nitrogen and oxygen atoms in total. The van der Waals surface area contributed by atoms with Gasteiger partial charge in [-0.05, 0) is 54.7 Å². The number of allylic oxidation sites excluding steroid dienone is 4. The van der Waals surface area contributed by atoms with Crippen LogP contribution in [0.1, 0.15) is 51.6 Å². The van der Waals surface area contributed by atoms with Gasteiger partial charge in [0.2, 0.25) is 0 Å². The molecule has 1 aromatic heterocycles. The molecule has 9 heteroatoms. The Kier molecular flexibility index (Phi) is 4.75. The Morgan fingerprint density at radius 2 is 1.69 bits per heavy atom. The fraction of sp³-hybridized carbons (Fsp3) is 0.462. The summed E-state index contributed by atoms with van der Waals surface area (Å²) in [5, 5.41) is 10.6. The summed E-state index contributed by atoms with van der Waals surface area (Å²) < 4.78 is 9.08. The molecule has 0 bridgehead atoms. The number of benzene rings is 1. The highest BCUT2D eigenvalue weighted by molar-refractivity contribution is 6.17. The smallest absolute Gasteiger partial charge is 0.347 e. The van der Waals surface area contributed by atoms with Crippen LogP contribution in [-0.4, -0.2) is 37.7 Å². The Hall–Kier alpha value is -3.62. The van der Waals surface area contributed by atoms with Crippen LogP contribution in [0.15, 0.2) is 50.6 Å². The fourth-order valence-corrected chi connectivity index (χ4v) is 6.57. The summed E-state index contributed by atoms with van der Waals surface area (Å²) in [4.78, 5) is 53.7. The van der Waals surface area contributed by atoms with Crippen LogP contribution in [0.3, 0.4) is 0 Å². The molecule has 0 spiro atoms. The summed E-state index contributed by atoms with van der Waals surface area (Å²) in [6.45, 7) is 7.14. The van der Waals surface area contributed by atoms with Gasteiger partial charge in [0.1, 0.15) is 0 Å². The lowest BCUT2D eigenvalue weighted by atomic mass is 9.43. The molecular weight excluding hydrogens is 450 g/mol. The van der Waals surface area contributed by atoms with Crippen LogP contribution in [0.25, 0.3) is 0 Å². The normalized spacial score (nSPS) is 29.9. The number of fused-ring (bicyclic) bond motifs is 4. The maximum Gasteiger partial charge on any atom is 0.347 e. The number of carbonyl (C=O) groups is 2. The van der Waals surface area contributed by atoms with E-state index in [2.05, 4.69) is 0 Å². The summed E-state index contributed by atoms with van der Waals surface area (Å²) in [6, 6.07) is 4.38. The third-order valence-electron chi connectivity index (χ3n) is 8.84. The minimum Gasteiger partial charge on any atom is -0.504 e. The quantitative estimate of drug-likeness (QED) is 0.661. The van der Waals surface area contributed by atoms with Gasteiger partial charge < -0.3 is 9.84 Å². The minimum absolute atomic E-state index is 0.0827. The first-order valence-corrected chi connectivity index (χ1v) is 11.6. The van der Waals surface area contributed by atoms with Crippen molar-refractivity contribution >= 4 is 11.6 Å². The number of Topliss-reactive ketones (excluding diaryl/α,β-unsaturated/α-hetero) is 2. The van der Waals surface area contributed by atoms with Crippen LogP contribution < -0.4 is 16.1 Å². The Morgan fingerprint density at radius 3 is 2.31 bits per heavy atom. The number of hydrogen-bond acceptors (Lipinski definition) is 6. The number of carbonyl (C=O) groups excluding carboxylic acids is 2. The van der Waals surface area contributed by atoms with Crippen LogP contribution in [0.5, 0.6) is 11.5 Å². The molecule has 1 N–H and O–H groups in total. The third kappa shape index (κ3) is 2.63. The summed E-state index contributed by atoms with van der Waals surface area (Å²) in [5.74, 6) is -0.667. The van der Waals surface area contributed by atoms with Gasteiger partial charge in [0, 0.05) is 18.4 Å². The fourth-order valence-electron chi connectivity index (χ4n) is 6.57. The molecule has 2 aliphatic carbocycles. The van der Waals surface area contributed by atoms with E-state index in [1.807, 2.05) is 13.0 Å². The van der Waals surface area contributed by atoms with Crippen LogP contribution in [0.4, 0.5) is 0 Å². The SMILES string of the molecule is COc1ccc([C@H]2C3=CCn4c(=O)n(C)c(=O)n4[C@@H]3C[C@@]3(C)C(=O)C(C)=C(C)C(=O)[C@@]23C)cc1O. The second-order valence-electron chi connectivity index (χ2n) is 10.3. The number of hydrogen-bond donors (Lipinski definition) is 1. The molecule has 0 saturated heterocycles. The van der Waals surface area contributed by atoms with Gasteiger partial charge in [-0.2, -0.15) is 0 Å². The van der Waals surface area contributed by atoms with Crippen molar-refractivity contribution < 1.29 is 19.4 Å². The maximum atomic E-state index is 14.0. The van der Waals surface area contributed by atoms with Gasteiger partial charge in [0.05, 0.1) is 25.1 Å². The molecular formula is C26H29N3O6. The average molecular weight is 480 g/mol. The van der Waals surface area contributed by atoms with Gasteiger partial charge in [-0.1, -0.05) is 26.0 Å². The molecule has 2 heterocycles. The van der Waals surface area contributed by atoms with Gasteiger partial charge in [0.25, 0.3) is 0 Å². The number of aromatic hydroxyl groups is 1. The lowest BCUT2D eigenvalue weighted by Crippen LogP contribution is -2.61. The maximum absolute atomic E-state index is 14.0. The third-order valence-corrected chi connectivity index (χ3v) is 8.84. The Morgan fingerprint density at radius 1 is 1.03 bits per heavy atom. The lowest BCUT2D eigenvalue weighted by molar-refractivity contribution is -0.151. The highest BCUT2D eigenvalue weighted by Gasteiger charge is 2.66. The van der Waals surface area contributed by atoms with Crippen molar-refractivity contribution in [1.29, 1.82) is 0 Å². The van der Waals surface area contributed by atoms with E-state index < -0.39 is 34.2 Å². The van der Waals surface area contributed by atoms with Crippen molar-refractivity contribution in [3.8, 4) is 11.5 Å². The van der Waals surface area contributed by atoms with Gasteiger partial charge >= 0.3 is 11.4 Å². The molecule has 1 aromatic carbocycles. The number of ketones is 2. The number of nitrogens with zero attached hydrogens (tertiary/aromatic N) is 3. The van der Waals surface area contributed by atoms with E-state index in [-0.39, 0.29) is 36.0 Å². The molecule has 35 heavy (non-hydrogen) atoms. The van der Waals surface area contributed by atoms with Crippen LogP contribution in [0.2, 0.25) is 0 Å². The second-order valence-corrected chi connectivity index (χ2v) is 10.3. The monoisotopic (exact) mass is 479 g/mol. The Bertz CT molecular complexity index is 1500. The molecule has 1 aliphatic heterocycles. The van der Waals surface area contributed by atoms with Crippen LogP contribution in [0, 0.1) is 10.8 Å². The first-order valence-electron chi connectivity index (χ1n) is 11.6. The summed E-state index contributed by atoms with van der Waals surface area (Å²) >= 11 is 0. The molecule has 1 saturated carbocycles. The standard InChI is InChI=1S/C26H29N3O6/c1-13-14(2)22(32)26(4)20(15-7-8-19(35-6)18(30)11-15)16-9-10-28-23(33)27(5)24(34)29(28)17(16)12-25(26,3)21(13)31/h7-9,11,17,20,30H,10,12H2,1-6H3/t17-,20+,25+,26-/m1/s1. The van der Waals surface area contributed by atoms with Crippen LogP contribution >= 0.6 is 0 Å². The topological polar surface area (TPSA) is 113 Å². The van der Waals surface area contributed by atoms with Crippen molar-refractivity contribution in [3.63, 3.8) is 0 Å². The van der Waals surface area contributed by atoms with E-state index in [4.69, 9.17) is 4.74 Å². The average Bonchev–Trinajstić information content (AvgIpc) is 3.06. The van der Waals surface area contributed by atoms with E-state index in [1.165, 1.54) is 23.5 Å². The predicted molar refractivity (Wildman–Crippen MR) is 128 cm³/mol. The Labute approximate surface area is 201 Å². The van der Waals surface area contributed by atoms with Crippen molar-refractivity contribution in [1.82, 2.24) is 13.9 Å². The molecule has 3 aliphatic rings. The Balaban J connectivity index is 1.85. The van der Waals surface area contributed by atoms with E-state index in [9.17, 15) is 24.3 Å². The summed E-state index contributed by atoms with van der Waals surface area (Å²) in [7, 11) is 2.89. The van der Waals surface area contributed by atoms with Gasteiger partial charge in [-0.15, -0.1) is 0 Å². The zero-order chi connectivity index (χ0) is 25.6. The first-order chi connectivity index (χ1) is 16.4. The molecule has 4 atom stereocenters. The molecule has 5 rings (SSSR count). The predicted octanol–water partition coefficient (Wildman–Crippen LogP) is 2.23. The largest absolute Gasteiger partial charge is 0.504 e. The van der Waals surface area contributed by atoms with Crippen molar-refractivity contribution in [2.24, 2.45) is 17.9 Å². The number of phenolic OH excluding ortho intramolecular Hbond substituents is 1. The van der Waals surface area contributed by atoms with Gasteiger partial charge in [-0.3, -0.25) is 9.59 Å². The zero-order valence-corrected chi connectivity index (χ0v) is 20.7. The van der Waals surface area contributed by atoms with Gasteiger partial charge in [0.15, 0.2) is 23.1 Å². The number of ether oxygens (including phenoxy) is 1. The molecule has 1 fully saturated rings. The van der Waals surface area contributed by atoms with E-state index in [1.54, 1.807) is 39.0 Å². The zero-order valence-electron chi connectivity index (χ0n) is 20.7. The highest BCUT2D eigenvalue weighted by atomic mass is 16.5. The van der Waals surface area contributed by atoms with Crippen molar-refractivity contribution in [2.75, 3.05) is 7.11 Å². The molecule has 184 valence electrons. The number of phenols is 1. The molecule has 0 radical (unpaired) electrons. The van der Waals surface area contributed by atoms with Crippen molar-refractivity contribution in [2.45, 2.75) is 52.6 Å². The van der Waals surface area contributed by atoms with E-state index in [0.29, 0.717) is 16.7 Å². The lowest BCUT2D eigenvalue weighted by Gasteiger charge is -2.58. The molecule has 2 aromatic rings. The summed E-state index contributed by atoms with van der Waals surface area (Å²) in [5.41, 5.74) is -0.931. The number of aromatic nitrogens is 3. The van der Waals surface area contributed by atoms with E-state index in [0.717, 1.165) is 10.1 Å². The molecule has 0 unspecified atom stereocenters. The van der Waals surface area contributed by atoms with Crippen molar-refractivity contribution in [3.05, 3.63) is 67.5 Å². The first kappa shape index (κ1) is 23.1.